The molecular formula is C72H74N4O. The topological polar surface area (TPSA) is 55.9 Å². The number of aromatic hydroxyl groups is 1. The van der Waals surface area contributed by atoms with Crippen LogP contribution in [0, 0.1) is 0 Å². The summed E-state index contributed by atoms with van der Waals surface area (Å²) in [6.07, 6.45) is 1.96. The van der Waals surface area contributed by atoms with Crippen LogP contribution in [0.1, 0.15) is 132 Å². The van der Waals surface area contributed by atoms with Crippen molar-refractivity contribution >= 4 is 43.6 Å². The number of fused-ring (bicyclic) bond motifs is 5. The number of phenolic OH excluding ortho intramolecular Hbond substituents is 1. The molecule has 3 aromatic heterocycles. The molecule has 0 atom stereocenters. The predicted molar refractivity (Wildman–Crippen MR) is 328 cm³/mol. The lowest BCUT2D eigenvalue weighted by Crippen LogP contribution is -2.17. The van der Waals surface area contributed by atoms with Crippen LogP contribution in [0.2, 0.25) is 0 Å². The van der Waals surface area contributed by atoms with Gasteiger partial charge in [0.15, 0.2) is 0 Å². The quantitative estimate of drug-likeness (QED) is 0.181. The molecule has 0 aliphatic heterocycles. The van der Waals surface area contributed by atoms with E-state index < -0.39 is 0 Å². The van der Waals surface area contributed by atoms with Crippen LogP contribution in [0.25, 0.3) is 99.9 Å². The summed E-state index contributed by atoms with van der Waals surface area (Å²) in [5.74, 6) is 0.883. The fourth-order valence-electron chi connectivity index (χ4n) is 11.0. The number of aromatic nitrogens is 4. The molecule has 0 unspecified atom stereocenters. The van der Waals surface area contributed by atoms with E-state index in [0.717, 1.165) is 50.2 Å². The molecule has 11 rings (SSSR count). The molecule has 0 aliphatic rings. The Morgan fingerprint density at radius 2 is 0.961 bits per heavy atom. The standard InChI is InChI=1S/C72H74N4O/c1-68(2,3)49-29-27-46-34-51(70(7,8)9)43-64(59(46)42-49)76-61-24-18-16-21-56(61)57-30-28-44(38-63(57)76)45-31-32-73-60(37-45)48-33-47(35-50(36-48)69(4,5)6)55-23-20-25-62-66(55)74-67(58-22-17-19-26-65(58)77)75(62)54-40-52(71(10,11)12)39-53(41-54)72(13,14)15/h16-43,77H,1-15H3. The maximum absolute atomic E-state index is 11.5. The molecule has 0 saturated carbocycles. The number of rotatable bonds is 6. The molecule has 3 heterocycles. The van der Waals surface area contributed by atoms with E-state index in [1.54, 1.807) is 6.07 Å². The van der Waals surface area contributed by atoms with E-state index in [1.807, 2.05) is 24.4 Å². The van der Waals surface area contributed by atoms with Crippen molar-refractivity contribution in [2.75, 3.05) is 0 Å². The molecule has 8 aromatic carbocycles. The minimum Gasteiger partial charge on any atom is -0.507 e. The van der Waals surface area contributed by atoms with Crippen LogP contribution < -0.4 is 0 Å². The highest BCUT2D eigenvalue weighted by Gasteiger charge is 2.27. The van der Waals surface area contributed by atoms with Gasteiger partial charge >= 0.3 is 0 Å². The molecule has 77 heavy (non-hydrogen) atoms. The van der Waals surface area contributed by atoms with Gasteiger partial charge in [0.05, 0.1) is 39.0 Å². The first kappa shape index (κ1) is 51.4. The van der Waals surface area contributed by atoms with Gasteiger partial charge in [0.1, 0.15) is 11.6 Å². The minimum absolute atomic E-state index is 0.00270. The number of benzene rings is 8. The van der Waals surface area contributed by atoms with Gasteiger partial charge in [-0.2, -0.15) is 0 Å². The molecule has 1 N–H and O–H groups in total. The first-order valence-corrected chi connectivity index (χ1v) is 27.4. The van der Waals surface area contributed by atoms with Gasteiger partial charge < -0.3 is 9.67 Å². The molecule has 0 spiro atoms. The zero-order chi connectivity index (χ0) is 54.7. The molecule has 0 saturated heterocycles. The van der Waals surface area contributed by atoms with Gasteiger partial charge in [-0.3, -0.25) is 9.55 Å². The van der Waals surface area contributed by atoms with Gasteiger partial charge in [0.2, 0.25) is 0 Å². The van der Waals surface area contributed by atoms with Crippen LogP contribution in [0.4, 0.5) is 0 Å². The van der Waals surface area contributed by atoms with Crippen LogP contribution in [0.3, 0.4) is 0 Å². The summed E-state index contributed by atoms with van der Waals surface area (Å²) >= 11 is 0. The largest absolute Gasteiger partial charge is 0.507 e. The van der Waals surface area contributed by atoms with E-state index in [0.29, 0.717) is 11.4 Å². The minimum atomic E-state index is -0.173. The molecule has 0 aliphatic carbocycles. The second-order valence-corrected chi connectivity index (χ2v) is 26.7. The average molecular weight is 1010 g/mol. The number of hydrogen-bond acceptors (Lipinski definition) is 3. The molecule has 0 radical (unpaired) electrons. The summed E-state index contributed by atoms with van der Waals surface area (Å²) in [7, 11) is 0. The highest BCUT2D eigenvalue weighted by atomic mass is 16.3. The van der Waals surface area contributed by atoms with Crippen molar-refractivity contribution in [2.45, 2.75) is 131 Å². The van der Waals surface area contributed by atoms with Crippen LogP contribution in [0.15, 0.2) is 170 Å². The molecule has 0 fully saturated rings. The van der Waals surface area contributed by atoms with Crippen LogP contribution in [-0.4, -0.2) is 24.2 Å². The van der Waals surface area contributed by atoms with Crippen LogP contribution >= 0.6 is 0 Å². The number of phenols is 1. The summed E-state index contributed by atoms with van der Waals surface area (Å²) in [4.78, 5) is 10.7. The fourth-order valence-corrected chi connectivity index (χ4v) is 11.0. The van der Waals surface area contributed by atoms with E-state index >= 15 is 0 Å². The summed E-state index contributed by atoms with van der Waals surface area (Å²) < 4.78 is 4.76. The van der Waals surface area contributed by atoms with Crippen molar-refractivity contribution in [3.63, 3.8) is 0 Å². The Morgan fingerprint density at radius 1 is 0.377 bits per heavy atom. The Morgan fingerprint density at radius 3 is 1.65 bits per heavy atom. The fraction of sp³-hybridized carbons (Fsp3) is 0.278. The molecule has 0 bridgehead atoms. The number of nitrogens with zero attached hydrogens (tertiary/aromatic N) is 4. The van der Waals surface area contributed by atoms with Crippen molar-refractivity contribution in [1.82, 2.24) is 19.1 Å². The number of imidazole rings is 1. The highest BCUT2D eigenvalue weighted by molar-refractivity contribution is 6.11. The smallest absolute Gasteiger partial charge is 0.149 e. The molecule has 11 aromatic rings. The lowest BCUT2D eigenvalue weighted by Gasteiger charge is -2.27. The lowest BCUT2D eigenvalue weighted by atomic mass is 9.80. The van der Waals surface area contributed by atoms with Gasteiger partial charge in [-0.25, -0.2) is 4.98 Å². The Bertz CT molecular complexity index is 4090. The van der Waals surface area contributed by atoms with E-state index in [1.165, 1.54) is 66.1 Å². The second-order valence-electron chi connectivity index (χ2n) is 26.7. The Balaban J connectivity index is 1.09. The Hall–Kier alpha value is -7.76. The SMILES string of the molecule is CC(C)(C)c1cc(-c2cc(-c3ccc4c5ccccc5n(-c5cc(C(C)(C)C)cc6ccc(C(C)(C)C)cc56)c4c3)ccn2)cc(-c2cccc3c2nc(-c2ccccc2O)n3-c2cc(C(C)(C)C)cc(C(C)(C)C)c2)c1. The third kappa shape index (κ3) is 9.42. The maximum atomic E-state index is 11.5. The predicted octanol–water partition coefficient (Wildman–Crippen LogP) is 19.5. The summed E-state index contributed by atoms with van der Waals surface area (Å²) in [6.45, 7) is 34.3. The first-order valence-electron chi connectivity index (χ1n) is 27.4. The Kier molecular flexibility index (Phi) is 12.1. The van der Waals surface area contributed by atoms with E-state index in [-0.39, 0.29) is 32.8 Å². The number of hydrogen-bond donors (Lipinski definition) is 1. The zero-order valence-corrected chi connectivity index (χ0v) is 47.9. The summed E-state index contributed by atoms with van der Waals surface area (Å²) in [5, 5.41) is 16.5. The van der Waals surface area contributed by atoms with Gasteiger partial charge in [-0.15, -0.1) is 0 Å². The maximum Gasteiger partial charge on any atom is 0.149 e. The normalized spacial score (nSPS) is 12.9. The lowest BCUT2D eigenvalue weighted by molar-refractivity contribution is 0.477. The third-order valence-electron chi connectivity index (χ3n) is 15.8. The van der Waals surface area contributed by atoms with E-state index in [2.05, 4.69) is 253 Å². The van der Waals surface area contributed by atoms with Gasteiger partial charge in [0, 0.05) is 39.2 Å². The van der Waals surface area contributed by atoms with Crippen molar-refractivity contribution in [3.8, 4) is 62.0 Å². The third-order valence-corrected chi connectivity index (χ3v) is 15.8. The Labute approximate surface area is 456 Å². The average Bonchev–Trinajstić information content (AvgIpc) is 4.01. The van der Waals surface area contributed by atoms with E-state index in [9.17, 15) is 5.11 Å². The van der Waals surface area contributed by atoms with E-state index in [4.69, 9.17) is 9.97 Å². The summed E-state index contributed by atoms with van der Waals surface area (Å²) in [5.41, 5.74) is 19.2. The highest BCUT2D eigenvalue weighted by Crippen LogP contribution is 2.44. The molecular weight excluding hydrogens is 937 g/mol. The van der Waals surface area contributed by atoms with Crippen molar-refractivity contribution < 1.29 is 5.11 Å². The number of para-hydroxylation sites is 3. The zero-order valence-electron chi connectivity index (χ0n) is 47.9. The summed E-state index contributed by atoms with van der Waals surface area (Å²) in [6, 6.07) is 60.0. The van der Waals surface area contributed by atoms with Gasteiger partial charge in [-0.1, -0.05) is 189 Å². The molecule has 0 amide bonds. The van der Waals surface area contributed by atoms with Crippen LogP contribution in [0.5, 0.6) is 5.75 Å². The van der Waals surface area contributed by atoms with Crippen molar-refractivity contribution in [1.29, 1.82) is 0 Å². The molecule has 5 nitrogen and oxygen atoms in total. The van der Waals surface area contributed by atoms with Crippen molar-refractivity contribution in [3.05, 3.63) is 198 Å². The van der Waals surface area contributed by atoms with Gasteiger partial charge in [0.25, 0.3) is 0 Å². The van der Waals surface area contributed by atoms with Gasteiger partial charge in [-0.05, 0) is 156 Å². The number of pyridine rings is 1. The second kappa shape index (κ2) is 18.2. The molecule has 5 heteroatoms. The van der Waals surface area contributed by atoms with Crippen LogP contribution in [-0.2, 0) is 27.1 Å². The van der Waals surface area contributed by atoms with Crippen molar-refractivity contribution in [2.24, 2.45) is 0 Å². The monoisotopic (exact) mass is 1010 g/mol. The molecule has 388 valence electrons. The first-order chi connectivity index (χ1) is 36.2.